The molecule has 0 fully saturated rings. The van der Waals surface area contributed by atoms with Crippen molar-refractivity contribution in [3.63, 3.8) is 0 Å². The third-order valence-corrected chi connectivity index (χ3v) is 4.75. The molecule has 0 bridgehead atoms. The predicted octanol–water partition coefficient (Wildman–Crippen LogP) is 3.58. The van der Waals surface area contributed by atoms with Gasteiger partial charge >= 0.3 is 0 Å². The number of aromatic nitrogens is 2. The highest BCUT2D eigenvalue weighted by Gasteiger charge is 2.15. The second-order valence-electron chi connectivity index (χ2n) is 5.16. The van der Waals surface area contributed by atoms with E-state index in [0.717, 1.165) is 42.0 Å². The van der Waals surface area contributed by atoms with Crippen molar-refractivity contribution >= 4 is 21.6 Å². The van der Waals surface area contributed by atoms with Crippen molar-refractivity contribution < 1.29 is 0 Å². The van der Waals surface area contributed by atoms with Crippen molar-refractivity contribution in [1.82, 2.24) is 14.7 Å². The third kappa shape index (κ3) is 3.66. The lowest BCUT2D eigenvalue weighted by Gasteiger charge is -2.22. The molecule has 5 heteroatoms. The highest BCUT2D eigenvalue weighted by atomic mass is 79.9. The Balaban J connectivity index is 2.18. The molecule has 0 aliphatic carbocycles. The second-order valence-corrected chi connectivity index (χ2v) is 5.96. The Morgan fingerprint density at radius 3 is 2.57 bits per heavy atom. The van der Waals surface area contributed by atoms with Crippen LogP contribution in [0.1, 0.15) is 30.8 Å². The van der Waals surface area contributed by atoms with Gasteiger partial charge in [-0.1, -0.05) is 25.1 Å². The molecular weight excluding hydrogens is 328 g/mol. The van der Waals surface area contributed by atoms with Gasteiger partial charge < -0.3 is 5.73 Å². The molecule has 0 saturated heterocycles. The van der Waals surface area contributed by atoms with E-state index in [9.17, 15) is 0 Å². The third-order valence-electron chi connectivity index (χ3n) is 3.72. The van der Waals surface area contributed by atoms with Gasteiger partial charge in [-0.15, -0.1) is 0 Å². The molecular formula is C16H23BrN4. The molecule has 1 aromatic carbocycles. The first-order chi connectivity index (χ1) is 10.1. The van der Waals surface area contributed by atoms with Crippen molar-refractivity contribution in [2.24, 2.45) is 0 Å². The number of aryl methyl sites for hydroxylation is 2. The maximum atomic E-state index is 6.05. The zero-order chi connectivity index (χ0) is 15.4. The number of nitrogens with zero attached hydrogens (tertiary/aromatic N) is 3. The van der Waals surface area contributed by atoms with Crippen LogP contribution < -0.4 is 5.73 Å². The fraction of sp³-hybridized carbons (Fsp3) is 0.438. The van der Waals surface area contributed by atoms with Gasteiger partial charge in [-0.25, -0.2) is 0 Å². The molecule has 2 N–H and O–H groups in total. The predicted molar refractivity (Wildman–Crippen MR) is 91.0 cm³/mol. The molecule has 0 amide bonds. The Bertz CT molecular complexity index is 606. The molecule has 0 atom stereocenters. The Morgan fingerprint density at radius 1 is 1.24 bits per heavy atom. The summed E-state index contributed by atoms with van der Waals surface area (Å²) in [7, 11) is 0. The molecule has 114 valence electrons. The van der Waals surface area contributed by atoms with E-state index >= 15 is 0 Å². The van der Waals surface area contributed by atoms with Gasteiger partial charge in [0.15, 0.2) is 0 Å². The molecule has 4 nitrogen and oxygen atoms in total. The number of anilines is 1. The molecule has 2 aromatic rings. The standard InChI is InChI=1S/C16H23BrN4/c1-4-20(10-13-8-6-7-9-14(13)18)11-15-16(17)12(3)19-21(15)5-2/h6-9H,4-5,10-11,18H2,1-3H3. The number of nitrogen functional groups attached to an aromatic ring is 1. The number of rotatable bonds is 6. The van der Waals surface area contributed by atoms with Crippen LogP contribution in [-0.2, 0) is 19.6 Å². The Kier molecular flexibility index (Phi) is 5.42. The van der Waals surface area contributed by atoms with E-state index in [1.807, 2.05) is 25.1 Å². The number of benzene rings is 1. The van der Waals surface area contributed by atoms with Crippen LogP contribution in [0.3, 0.4) is 0 Å². The van der Waals surface area contributed by atoms with E-state index in [1.54, 1.807) is 0 Å². The normalized spacial score (nSPS) is 11.3. The van der Waals surface area contributed by atoms with E-state index in [-0.39, 0.29) is 0 Å². The van der Waals surface area contributed by atoms with Crippen molar-refractivity contribution in [2.45, 2.75) is 40.4 Å². The minimum atomic E-state index is 0.851. The molecule has 2 rings (SSSR count). The first-order valence-electron chi connectivity index (χ1n) is 7.34. The molecule has 0 radical (unpaired) electrons. The quantitative estimate of drug-likeness (QED) is 0.810. The summed E-state index contributed by atoms with van der Waals surface area (Å²) in [4.78, 5) is 2.37. The summed E-state index contributed by atoms with van der Waals surface area (Å²) in [6.07, 6.45) is 0. The van der Waals surface area contributed by atoms with Crippen molar-refractivity contribution in [3.05, 3.63) is 45.7 Å². The fourth-order valence-electron chi connectivity index (χ4n) is 2.43. The molecule has 0 unspecified atom stereocenters. The van der Waals surface area contributed by atoms with Gasteiger partial charge in [0.05, 0.1) is 15.9 Å². The second kappa shape index (κ2) is 7.09. The van der Waals surface area contributed by atoms with E-state index < -0.39 is 0 Å². The molecule has 1 aromatic heterocycles. The summed E-state index contributed by atoms with van der Waals surface area (Å²) < 4.78 is 3.18. The lowest BCUT2D eigenvalue weighted by atomic mass is 10.1. The van der Waals surface area contributed by atoms with Crippen molar-refractivity contribution in [3.8, 4) is 0 Å². The highest BCUT2D eigenvalue weighted by molar-refractivity contribution is 9.10. The van der Waals surface area contributed by atoms with Crippen molar-refractivity contribution in [1.29, 1.82) is 0 Å². The first-order valence-corrected chi connectivity index (χ1v) is 8.13. The Hall–Kier alpha value is -1.33. The lowest BCUT2D eigenvalue weighted by molar-refractivity contribution is 0.262. The van der Waals surface area contributed by atoms with Crippen LogP contribution in [0.15, 0.2) is 28.7 Å². The molecule has 0 saturated carbocycles. The molecule has 1 heterocycles. The topological polar surface area (TPSA) is 47.1 Å². The van der Waals surface area contributed by atoms with Gasteiger partial charge in [-0.2, -0.15) is 5.10 Å². The maximum absolute atomic E-state index is 6.05. The summed E-state index contributed by atoms with van der Waals surface area (Å²) in [6.45, 7) is 9.89. The zero-order valence-corrected chi connectivity index (χ0v) is 14.5. The van der Waals surface area contributed by atoms with E-state index in [0.29, 0.717) is 0 Å². The van der Waals surface area contributed by atoms with E-state index in [2.05, 4.69) is 50.5 Å². The van der Waals surface area contributed by atoms with Gasteiger partial charge in [-0.05, 0) is 48.0 Å². The van der Waals surface area contributed by atoms with Crippen LogP contribution in [0.4, 0.5) is 5.69 Å². The van der Waals surface area contributed by atoms with Crippen LogP contribution >= 0.6 is 15.9 Å². The zero-order valence-electron chi connectivity index (χ0n) is 12.9. The average Bonchev–Trinajstić information content (AvgIpc) is 2.76. The number of hydrogen-bond donors (Lipinski definition) is 1. The monoisotopic (exact) mass is 350 g/mol. The van der Waals surface area contributed by atoms with E-state index in [4.69, 9.17) is 5.73 Å². The van der Waals surface area contributed by atoms with Gasteiger partial charge in [0.2, 0.25) is 0 Å². The Morgan fingerprint density at radius 2 is 1.95 bits per heavy atom. The van der Waals surface area contributed by atoms with Crippen molar-refractivity contribution in [2.75, 3.05) is 12.3 Å². The largest absolute Gasteiger partial charge is 0.398 e. The van der Waals surface area contributed by atoms with Crippen LogP contribution in [0.25, 0.3) is 0 Å². The Labute approximate surface area is 135 Å². The first kappa shape index (κ1) is 16.0. The molecule has 0 aliphatic heterocycles. The minimum absolute atomic E-state index is 0.851. The van der Waals surface area contributed by atoms with Gasteiger partial charge in [0, 0.05) is 25.3 Å². The summed E-state index contributed by atoms with van der Waals surface area (Å²) in [6, 6.07) is 8.06. The molecule has 0 spiro atoms. The number of hydrogen-bond acceptors (Lipinski definition) is 3. The highest BCUT2D eigenvalue weighted by Crippen LogP contribution is 2.23. The molecule has 0 aliphatic rings. The van der Waals surface area contributed by atoms with E-state index in [1.165, 1.54) is 11.3 Å². The number of para-hydroxylation sites is 1. The summed E-state index contributed by atoms with van der Waals surface area (Å²) in [5.41, 5.74) is 10.4. The maximum Gasteiger partial charge on any atom is 0.0739 e. The molecule has 21 heavy (non-hydrogen) atoms. The lowest BCUT2D eigenvalue weighted by Crippen LogP contribution is -2.24. The van der Waals surface area contributed by atoms with Crippen LogP contribution in [0.2, 0.25) is 0 Å². The average molecular weight is 351 g/mol. The smallest absolute Gasteiger partial charge is 0.0739 e. The fourth-order valence-corrected chi connectivity index (χ4v) is 2.84. The van der Waals surface area contributed by atoms with Gasteiger partial charge in [0.1, 0.15) is 0 Å². The summed E-state index contributed by atoms with van der Waals surface area (Å²) in [5.74, 6) is 0. The van der Waals surface area contributed by atoms with Gasteiger partial charge in [0.25, 0.3) is 0 Å². The van der Waals surface area contributed by atoms with Crippen LogP contribution in [0.5, 0.6) is 0 Å². The minimum Gasteiger partial charge on any atom is -0.398 e. The van der Waals surface area contributed by atoms with Gasteiger partial charge in [-0.3, -0.25) is 9.58 Å². The van der Waals surface area contributed by atoms with Crippen LogP contribution in [-0.4, -0.2) is 21.2 Å². The SMILES string of the molecule is CCN(Cc1ccccc1N)Cc1c(Br)c(C)nn1CC. The number of nitrogens with two attached hydrogens (primary N) is 1. The number of halogens is 1. The summed E-state index contributed by atoms with van der Waals surface area (Å²) >= 11 is 3.66. The van der Waals surface area contributed by atoms with Crippen LogP contribution in [0, 0.1) is 6.92 Å². The summed E-state index contributed by atoms with van der Waals surface area (Å²) in [5, 5.41) is 4.56.